The molecular formula is C9H20N2. The minimum Gasteiger partial charge on any atom is -0.330 e. The summed E-state index contributed by atoms with van der Waals surface area (Å²) in [6, 6.07) is 0. The number of hydrogen-bond donors (Lipinski definition) is 1. The van der Waals surface area contributed by atoms with Crippen molar-refractivity contribution in [1.82, 2.24) is 4.90 Å². The van der Waals surface area contributed by atoms with E-state index in [4.69, 9.17) is 5.73 Å². The fourth-order valence-electron chi connectivity index (χ4n) is 2.35. The molecule has 66 valence electrons. The second-order valence-electron chi connectivity index (χ2n) is 4.08. The zero-order chi connectivity index (χ0) is 8.43. The van der Waals surface area contributed by atoms with Crippen LogP contribution >= 0.6 is 0 Å². The van der Waals surface area contributed by atoms with E-state index in [1.807, 2.05) is 0 Å². The molecule has 1 aliphatic heterocycles. The smallest absolute Gasteiger partial charge is 0.000732 e. The summed E-state index contributed by atoms with van der Waals surface area (Å²) in [5.41, 5.74) is 5.71. The lowest BCUT2D eigenvalue weighted by atomic mass is 9.80. The average Bonchev–Trinajstić information content (AvgIpc) is 1.85. The molecule has 0 radical (unpaired) electrons. The maximum Gasteiger partial charge on any atom is 0.000732 e. The van der Waals surface area contributed by atoms with E-state index in [1.165, 1.54) is 13.1 Å². The first kappa shape index (κ1) is 9.01. The van der Waals surface area contributed by atoms with E-state index in [-0.39, 0.29) is 0 Å². The van der Waals surface area contributed by atoms with Crippen LogP contribution < -0.4 is 5.73 Å². The predicted octanol–water partition coefficient (Wildman–Crippen LogP) is 0.779. The topological polar surface area (TPSA) is 29.3 Å². The molecule has 1 fully saturated rings. The maximum absolute atomic E-state index is 5.71. The van der Waals surface area contributed by atoms with Gasteiger partial charge in [-0.3, -0.25) is 0 Å². The summed E-state index contributed by atoms with van der Waals surface area (Å²) >= 11 is 0. The van der Waals surface area contributed by atoms with Crippen molar-refractivity contribution >= 4 is 0 Å². The second kappa shape index (κ2) is 3.55. The third-order valence-corrected chi connectivity index (χ3v) is 2.93. The SMILES string of the molecule is CC1CN(C)CC(C)C1CN. The third kappa shape index (κ3) is 1.94. The lowest BCUT2D eigenvalue weighted by Crippen LogP contribution is -2.45. The van der Waals surface area contributed by atoms with Crippen molar-refractivity contribution in [3.63, 3.8) is 0 Å². The zero-order valence-corrected chi connectivity index (χ0v) is 7.88. The summed E-state index contributed by atoms with van der Waals surface area (Å²) < 4.78 is 0. The van der Waals surface area contributed by atoms with Crippen LogP contribution in [-0.2, 0) is 0 Å². The Bertz CT molecular complexity index is 113. The van der Waals surface area contributed by atoms with Crippen LogP contribution in [0.3, 0.4) is 0 Å². The van der Waals surface area contributed by atoms with E-state index in [0.717, 1.165) is 24.3 Å². The predicted molar refractivity (Wildman–Crippen MR) is 48.4 cm³/mol. The quantitative estimate of drug-likeness (QED) is 0.608. The highest BCUT2D eigenvalue weighted by atomic mass is 15.1. The van der Waals surface area contributed by atoms with Gasteiger partial charge in [0.2, 0.25) is 0 Å². The van der Waals surface area contributed by atoms with Crippen molar-refractivity contribution in [2.75, 3.05) is 26.7 Å². The van der Waals surface area contributed by atoms with Gasteiger partial charge in [-0.05, 0) is 31.3 Å². The molecule has 2 nitrogen and oxygen atoms in total. The molecule has 0 spiro atoms. The van der Waals surface area contributed by atoms with E-state index in [0.29, 0.717) is 0 Å². The van der Waals surface area contributed by atoms with Gasteiger partial charge in [-0.1, -0.05) is 13.8 Å². The summed E-state index contributed by atoms with van der Waals surface area (Å²) in [4.78, 5) is 2.40. The number of rotatable bonds is 1. The Labute approximate surface area is 69.8 Å². The number of likely N-dealkylation sites (tertiary alicyclic amines) is 1. The summed E-state index contributed by atoms with van der Waals surface area (Å²) in [5.74, 6) is 2.29. The molecule has 2 N–H and O–H groups in total. The number of nitrogens with zero attached hydrogens (tertiary/aromatic N) is 1. The van der Waals surface area contributed by atoms with Crippen molar-refractivity contribution in [2.24, 2.45) is 23.5 Å². The number of piperidine rings is 1. The molecule has 1 rings (SSSR count). The van der Waals surface area contributed by atoms with Crippen LogP contribution in [0.4, 0.5) is 0 Å². The van der Waals surface area contributed by atoms with E-state index in [9.17, 15) is 0 Å². The molecule has 2 atom stereocenters. The largest absolute Gasteiger partial charge is 0.330 e. The van der Waals surface area contributed by atoms with E-state index in [1.54, 1.807) is 0 Å². The van der Waals surface area contributed by atoms with E-state index in [2.05, 4.69) is 25.8 Å². The first-order valence-corrected chi connectivity index (χ1v) is 4.53. The zero-order valence-electron chi connectivity index (χ0n) is 7.88. The normalized spacial score (nSPS) is 40.9. The van der Waals surface area contributed by atoms with Crippen molar-refractivity contribution in [3.05, 3.63) is 0 Å². The molecule has 0 saturated carbocycles. The van der Waals surface area contributed by atoms with Gasteiger partial charge in [0.1, 0.15) is 0 Å². The van der Waals surface area contributed by atoms with Crippen molar-refractivity contribution in [2.45, 2.75) is 13.8 Å². The number of nitrogens with two attached hydrogens (primary N) is 1. The Morgan fingerprint density at radius 3 is 2.09 bits per heavy atom. The minimum absolute atomic E-state index is 0.742. The van der Waals surface area contributed by atoms with Gasteiger partial charge in [0.25, 0.3) is 0 Å². The Balaban J connectivity index is 2.52. The maximum atomic E-state index is 5.71. The van der Waals surface area contributed by atoms with Crippen molar-refractivity contribution < 1.29 is 0 Å². The van der Waals surface area contributed by atoms with Crippen LogP contribution in [0, 0.1) is 17.8 Å². The monoisotopic (exact) mass is 156 g/mol. The highest BCUT2D eigenvalue weighted by Crippen LogP contribution is 2.26. The van der Waals surface area contributed by atoms with Gasteiger partial charge in [0.05, 0.1) is 0 Å². The van der Waals surface area contributed by atoms with E-state index >= 15 is 0 Å². The van der Waals surface area contributed by atoms with Gasteiger partial charge in [0.15, 0.2) is 0 Å². The van der Waals surface area contributed by atoms with Gasteiger partial charge in [-0.2, -0.15) is 0 Å². The first-order chi connectivity index (χ1) is 5.15. The fourth-order valence-corrected chi connectivity index (χ4v) is 2.35. The van der Waals surface area contributed by atoms with Crippen LogP contribution in [0.15, 0.2) is 0 Å². The fraction of sp³-hybridized carbons (Fsp3) is 1.00. The molecule has 2 unspecified atom stereocenters. The highest BCUT2D eigenvalue weighted by molar-refractivity contribution is 4.81. The van der Waals surface area contributed by atoms with Crippen LogP contribution in [-0.4, -0.2) is 31.6 Å². The number of hydrogen-bond acceptors (Lipinski definition) is 2. The summed E-state index contributed by atoms with van der Waals surface area (Å²) in [7, 11) is 2.19. The van der Waals surface area contributed by atoms with Gasteiger partial charge in [-0.15, -0.1) is 0 Å². The lowest BCUT2D eigenvalue weighted by molar-refractivity contribution is 0.103. The third-order valence-electron chi connectivity index (χ3n) is 2.93. The van der Waals surface area contributed by atoms with Gasteiger partial charge < -0.3 is 10.6 Å². The standard InChI is InChI=1S/C9H20N2/c1-7-5-11(3)6-8(2)9(7)4-10/h7-9H,4-6,10H2,1-3H3. The van der Waals surface area contributed by atoms with Crippen LogP contribution in [0.25, 0.3) is 0 Å². The molecule has 0 aliphatic carbocycles. The Kier molecular flexibility index (Phi) is 2.90. The second-order valence-corrected chi connectivity index (χ2v) is 4.08. The molecule has 1 heterocycles. The molecule has 0 aromatic heterocycles. The van der Waals surface area contributed by atoms with Crippen LogP contribution in [0.1, 0.15) is 13.8 Å². The van der Waals surface area contributed by atoms with Gasteiger partial charge in [-0.25, -0.2) is 0 Å². The highest BCUT2D eigenvalue weighted by Gasteiger charge is 2.28. The van der Waals surface area contributed by atoms with Crippen molar-refractivity contribution in [3.8, 4) is 0 Å². The summed E-state index contributed by atoms with van der Waals surface area (Å²) in [6.45, 7) is 7.90. The van der Waals surface area contributed by atoms with Crippen LogP contribution in [0.2, 0.25) is 0 Å². The first-order valence-electron chi connectivity index (χ1n) is 4.53. The molecule has 11 heavy (non-hydrogen) atoms. The van der Waals surface area contributed by atoms with Crippen LogP contribution in [0.5, 0.6) is 0 Å². The summed E-state index contributed by atoms with van der Waals surface area (Å²) in [5, 5.41) is 0. The van der Waals surface area contributed by atoms with Gasteiger partial charge >= 0.3 is 0 Å². The molecule has 0 aromatic rings. The van der Waals surface area contributed by atoms with E-state index < -0.39 is 0 Å². The Morgan fingerprint density at radius 2 is 1.73 bits per heavy atom. The average molecular weight is 156 g/mol. The minimum atomic E-state index is 0.742. The molecule has 0 bridgehead atoms. The Hall–Kier alpha value is -0.0800. The van der Waals surface area contributed by atoms with Gasteiger partial charge in [0, 0.05) is 13.1 Å². The Morgan fingerprint density at radius 1 is 1.27 bits per heavy atom. The molecule has 1 aliphatic rings. The lowest BCUT2D eigenvalue weighted by Gasteiger charge is -2.39. The molecule has 1 saturated heterocycles. The molecule has 2 heteroatoms. The van der Waals surface area contributed by atoms with Crippen molar-refractivity contribution in [1.29, 1.82) is 0 Å². The summed E-state index contributed by atoms with van der Waals surface area (Å²) in [6.07, 6.45) is 0. The molecular weight excluding hydrogens is 136 g/mol. The molecule has 0 aromatic carbocycles. The molecule has 0 amide bonds.